The van der Waals surface area contributed by atoms with Crippen LogP contribution in [0.5, 0.6) is 0 Å². The minimum absolute atomic E-state index is 0.331. The minimum atomic E-state index is -0.879. The van der Waals surface area contributed by atoms with Crippen molar-refractivity contribution in [2.75, 3.05) is 0 Å². The van der Waals surface area contributed by atoms with E-state index in [1.807, 2.05) is 0 Å². The van der Waals surface area contributed by atoms with Gasteiger partial charge in [0.2, 0.25) is 0 Å². The lowest BCUT2D eigenvalue weighted by atomic mass is 10.2. The average molecular weight is 151 g/mol. The Morgan fingerprint density at radius 3 is 2.00 bits per heavy atom. The summed E-state index contributed by atoms with van der Waals surface area (Å²) in [4.78, 5) is 10.2. The summed E-state index contributed by atoms with van der Waals surface area (Å²) < 4.78 is 0. The molecule has 0 saturated carbocycles. The van der Waals surface area contributed by atoms with Gasteiger partial charge >= 0.3 is 5.97 Å². The SMILES string of the molecule is O=C(O)c1ccccc1.[CH2]C. The quantitative estimate of drug-likeness (QED) is 0.668. The van der Waals surface area contributed by atoms with Gasteiger partial charge in [-0.3, -0.25) is 0 Å². The Balaban J connectivity index is 0.000000461. The van der Waals surface area contributed by atoms with Crippen LogP contribution in [-0.4, -0.2) is 11.1 Å². The molecule has 0 spiro atoms. The van der Waals surface area contributed by atoms with Gasteiger partial charge in [0, 0.05) is 0 Å². The van der Waals surface area contributed by atoms with Crippen LogP contribution in [0.25, 0.3) is 0 Å². The molecule has 0 saturated heterocycles. The Hall–Kier alpha value is -1.31. The van der Waals surface area contributed by atoms with Crippen LogP contribution in [0.15, 0.2) is 30.3 Å². The van der Waals surface area contributed by atoms with Crippen LogP contribution in [-0.2, 0) is 0 Å². The number of hydrogen-bond donors (Lipinski definition) is 1. The van der Waals surface area contributed by atoms with Gasteiger partial charge in [-0.05, 0) is 12.1 Å². The van der Waals surface area contributed by atoms with Gasteiger partial charge in [0.25, 0.3) is 0 Å². The van der Waals surface area contributed by atoms with Gasteiger partial charge in [0.15, 0.2) is 0 Å². The Bertz CT molecular complexity index is 204. The van der Waals surface area contributed by atoms with E-state index in [-0.39, 0.29) is 0 Å². The van der Waals surface area contributed by atoms with E-state index in [1.165, 1.54) is 0 Å². The number of carboxylic acid groups (broad SMARTS) is 1. The Kier molecular flexibility index (Phi) is 4.82. The lowest BCUT2D eigenvalue weighted by Gasteiger charge is -1.88. The highest BCUT2D eigenvalue weighted by molar-refractivity contribution is 5.87. The Morgan fingerprint density at radius 1 is 1.27 bits per heavy atom. The van der Waals surface area contributed by atoms with Gasteiger partial charge in [-0.25, -0.2) is 4.79 Å². The molecule has 0 aliphatic rings. The molecule has 0 unspecified atom stereocenters. The van der Waals surface area contributed by atoms with Crippen molar-refractivity contribution in [2.45, 2.75) is 6.92 Å². The summed E-state index contributed by atoms with van der Waals surface area (Å²) in [5.74, 6) is -0.879. The molecule has 0 aliphatic heterocycles. The van der Waals surface area contributed by atoms with Crippen molar-refractivity contribution >= 4 is 5.97 Å². The van der Waals surface area contributed by atoms with Crippen LogP contribution in [0.1, 0.15) is 17.3 Å². The molecule has 59 valence electrons. The van der Waals surface area contributed by atoms with E-state index in [9.17, 15) is 4.79 Å². The fourth-order valence-electron chi connectivity index (χ4n) is 0.581. The lowest BCUT2D eigenvalue weighted by Crippen LogP contribution is -1.93. The van der Waals surface area contributed by atoms with Crippen LogP contribution >= 0.6 is 0 Å². The van der Waals surface area contributed by atoms with E-state index in [4.69, 9.17) is 5.11 Å². The van der Waals surface area contributed by atoms with Crippen LogP contribution < -0.4 is 0 Å². The maximum absolute atomic E-state index is 10.2. The molecule has 1 aromatic carbocycles. The predicted octanol–water partition coefficient (Wildman–Crippen LogP) is 2.23. The number of hydrogen-bond acceptors (Lipinski definition) is 1. The second-order valence-electron chi connectivity index (χ2n) is 1.67. The lowest BCUT2D eigenvalue weighted by molar-refractivity contribution is 0.0697. The molecule has 1 aromatic rings. The van der Waals surface area contributed by atoms with Crippen LogP contribution in [0.4, 0.5) is 0 Å². The number of carboxylic acids is 1. The summed E-state index contributed by atoms with van der Waals surface area (Å²) in [5.41, 5.74) is 0.331. The highest BCUT2D eigenvalue weighted by atomic mass is 16.4. The van der Waals surface area contributed by atoms with Crippen molar-refractivity contribution in [1.29, 1.82) is 0 Å². The van der Waals surface area contributed by atoms with Crippen molar-refractivity contribution in [1.82, 2.24) is 0 Å². The minimum Gasteiger partial charge on any atom is -0.478 e. The number of benzene rings is 1. The molecule has 2 nitrogen and oxygen atoms in total. The van der Waals surface area contributed by atoms with Gasteiger partial charge in [0.05, 0.1) is 5.56 Å². The molecule has 1 rings (SSSR count). The van der Waals surface area contributed by atoms with Crippen molar-refractivity contribution in [3.63, 3.8) is 0 Å². The Morgan fingerprint density at radius 2 is 1.73 bits per heavy atom. The third kappa shape index (κ3) is 3.40. The topological polar surface area (TPSA) is 37.3 Å². The number of carbonyl (C=O) groups is 1. The molecule has 0 bridgehead atoms. The van der Waals surface area contributed by atoms with E-state index in [1.54, 1.807) is 37.3 Å². The smallest absolute Gasteiger partial charge is 0.335 e. The van der Waals surface area contributed by atoms with Crippen molar-refractivity contribution in [3.05, 3.63) is 42.8 Å². The van der Waals surface area contributed by atoms with Crippen molar-refractivity contribution in [2.24, 2.45) is 0 Å². The fourth-order valence-corrected chi connectivity index (χ4v) is 0.581. The maximum Gasteiger partial charge on any atom is 0.335 e. The summed E-state index contributed by atoms with van der Waals surface area (Å²) >= 11 is 0. The molecule has 1 radical (unpaired) electrons. The molecular weight excluding hydrogens is 140 g/mol. The van der Waals surface area contributed by atoms with Gasteiger partial charge < -0.3 is 5.11 Å². The third-order valence-corrected chi connectivity index (χ3v) is 1.02. The first-order chi connectivity index (χ1) is 5.30. The fraction of sp³-hybridized carbons (Fsp3) is 0.111. The number of rotatable bonds is 1. The Labute approximate surface area is 66.5 Å². The van der Waals surface area contributed by atoms with Gasteiger partial charge in [-0.2, -0.15) is 0 Å². The summed E-state index contributed by atoms with van der Waals surface area (Å²) in [6.07, 6.45) is 0. The van der Waals surface area contributed by atoms with E-state index >= 15 is 0 Å². The highest BCUT2D eigenvalue weighted by Crippen LogP contribution is 1.96. The molecule has 0 fully saturated rings. The number of aromatic carboxylic acids is 1. The van der Waals surface area contributed by atoms with Crippen LogP contribution in [0.3, 0.4) is 0 Å². The molecule has 0 atom stereocenters. The predicted molar refractivity (Wildman–Crippen MR) is 44.4 cm³/mol. The molecular formula is C9H11O2. The van der Waals surface area contributed by atoms with E-state index in [0.29, 0.717) is 5.56 Å². The second kappa shape index (κ2) is 5.47. The van der Waals surface area contributed by atoms with Crippen LogP contribution in [0, 0.1) is 6.92 Å². The molecule has 1 N–H and O–H groups in total. The standard InChI is InChI=1S/C7H6O2.C2H5/c8-7(9)6-4-2-1-3-5-6;1-2/h1-5H,(H,8,9);1H2,2H3. The van der Waals surface area contributed by atoms with Gasteiger partial charge in [-0.1, -0.05) is 32.0 Å². The van der Waals surface area contributed by atoms with Crippen molar-refractivity contribution in [3.8, 4) is 0 Å². The van der Waals surface area contributed by atoms with E-state index in [0.717, 1.165) is 0 Å². The average Bonchev–Trinajstić information content (AvgIpc) is 2.10. The normalized spacial score (nSPS) is 7.82. The molecule has 0 aliphatic carbocycles. The zero-order chi connectivity index (χ0) is 8.69. The monoisotopic (exact) mass is 151 g/mol. The van der Waals surface area contributed by atoms with Gasteiger partial charge in [0.1, 0.15) is 0 Å². The maximum atomic E-state index is 10.2. The molecule has 11 heavy (non-hydrogen) atoms. The first kappa shape index (κ1) is 9.69. The molecule has 2 heteroatoms. The molecule has 0 heterocycles. The van der Waals surface area contributed by atoms with Crippen molar-refractivity contribution < 1.29 is 9.90 Å². The first-order valence-corrected chi connectivity index (χ1v) is 3.30. The zero-order valence-corrected chi connectivity index (χ0v) is 6.45. The zero-order valence-electron chi connectivity index (χ0n) is 6.45. The van der Waals surface area contributed by atoms with E-state index in [2.05, 4.69) is 6.92 Å². The van der Waals surface area contributed by atoms with Gasteiger partial charge in [-0.15, -0.1) is 0 Å². The molecule has 0 aromatic heterocycles. The summed E-state index contributed by atoms with van der Waals surface area (Å²) in [7, 11) is 0. The highest BCUT2D eigenvalue weighted by Gasteiger charge is 1.96. The molecule has 0 amide bonds. The summed E-state index contributed by atoms with van der Waals surface area (Å²) in [6, 6.07) is 8.30. The first-order valence-electron chi connectivity index (χ1n) is 3.30. The van der Waals surface area contributed by atoms with E-state index < -0.39 is 5.97 Å². The summed E-state index contributed by atoms with van der Waals surface area (Å²) in [5, 5.41) is 8.38. The second-order valence-corrected chi connectivity index (χ2v) is 1.67. The van der Waals surface area contributed by atoms with Crippen LogP contribution in [0.2, 0.25) is 0 Å². The third-order valence-electron chi connectivity index (χ3n) is 1.02. The largest absolute Gasteiger partial charge is 0.478 e. The summed E-state index contributed by atoms with van der Waals surface area (Å²) in [6.45, 7) is 5.00.